The summed E-state index contributed by atoms with van der Waals surface area (Å²) >= 11 is 0. The van der Waals surface area contributed by atoms with Gasteiger partial charge >= 0.3 is 0 Å². The second-order valence-electron chi connectivity index (χ2n) is 7.90. The summed E-state index contributed by atoms with van der Waals surface area (Å²) in [4.78, 5) is 16.6. The lowest BCUT2D eigenvalue weighted by Gasteiger charge is -2.08. The summed E-state index contributed by atoms with van der Waals surface area (Å²) in [6.07, 6.45) is 5.44. The van der Waals surface area contributed by atoms with Gasteiger partial charge < -0.3 is 13.9 Å². The lowest BCUT2D eigenvalue weighted by Crippen LogP contribution is -2.14. The summed E-state index contributed by atoms with van der Waals surface area (Å²) in [6.45, 7) is 0.378. The Hall–Kier alpha value is -4.13. The zero-order valence-electron chi connectivity index (χ0n) is 18.2. The van der Waals surface area contributed by atoms with Gasteiger partial charge in [-0.2, -0.15) is 0 Å². The van der Waals surface area contributed by atoms with Crippen LogP contribution in [0.2, 0.25) is 0 Å². The summed E-state index contributed by atoms with van der Waals surface area (Å²) in [5.41, 5.74) is 6.85. The Morgan fingerprint density at radius 2 is 1.72 bits per heavy atom. The molecule has 3 aromatic heterocycles. The highest BCUT2D eigenvalue weighted by Gasteiger charge is 2.13. The van der Waals surface area contributed by atoms with Crippen LogP contribution in [0.4, 0.5) is 0 Å². The van der Waals surface area contributed by atoms with E-state index in [0.717, 1.165) is 38.9 Å². The van der Waals surface area contributed by atoms with Crippen LogP contribution < -0.4 is 10.3 Å². The number of aryl methyl sites for hydroxylation is 3. The molecule has 0 aliphatic heterocycles. The largest absolute Gasteiger partial charge is 0.471 e. The number of hydrogen-bond acceptors (Lipinski definition) is 4. The summed E-state index contributed by atoms with van der Waals surface area (Å²) < 4.78 is 11.3. The molecular formula is C25H23N5O2. The highest BCUT2D eigenvalue weighted by atomic mass is 16.5. The molecule has 0 atom stereocenters. The molecule has 0 saturated heterocycles. The van der Waals surface area contributed by atoms with Gasteiger partial charge in [-0.25, -0.2) is 4.98 Å². The summed E-state index contributed by atoms with van der Waals surface area (Å²) in [5.74, 6) is 0.503. The molecule has 0 aliphatic carbocycles. The van der Waals surface area contributed by atoms with Crippen LogP contribution in [0.15, 0.2) is 78.1 Å². The van der Waals surface area contributed by atoms with Crippen molar-refractivity contribution in [3.63, 3.8) is 0 Å². The first kappa shape index (κ1) is 19.8. The molecule has 0 amide bonds. The highest BCUT2D eigenvalue weighted by Crippen LogP contribution is 2.30. The van der Waals surface area contributed by atoms with Crippen LogP contribution in [-0.4, -0.2) is 23.9 Å². The number of fused-ring (bicyclic) bond motifs is 1. The van der Waals surface area contributed by atoms with Crippen molar-refractivity contribution in [3.05, 3.63) is 89.2 Å². The Labute approximate surface area is 185 Å². The minimum absolute atomic E-state index is 0.0733. The molecule has 0 fully saturated rings. The third-order valence-corrected chi connectivity index (χ3v) is 5.61. The van der Waals surface area contributed by atoms with E-state index in [-0.39, 0.29) is 5.56 Å². The molecule has 0 saturated carbocycles. The van der Waals surface area contributed by atoms with E-state index in [4.69, 9.17) is 4.74 Å². The quantitative estimate of drug-likeness (QED) is 0.428. The first-order valence-electron chi connectivity index (χ1n) is 10.3. The van der Waals surface area contributed by atoms with Gasteiger partial charge in [-0.15, -0.1) is 5.10 Å². The molecule has 5 aromatic rings. The maximum absolute atomic E-state index is 12.0. The van der Waals surface area contributed by atoms with E-state index in [2.05, 4.69) is 52.5 Å². The lowest BCUT2D eigenvalue weighted by atomic mass is 10.0. The molecule has 0 unspecified atom stereocenters. The molecule has 0 bridgehead atoms. The van der Waals surface area contributed by atoms with Gasteiger partial charge in [0.1, 0.15) is 6.61 Å². The van der Waals surface area contributed by atoms with Crippen LogP contribution in [0.5, 0.6) is 5.88 Å². The topological polar surface area (TPSA) is 66.9 Å². The molecule has 2 aromatic carbocycles. The van der Waals surface area contributed by atoms with E-state index >= 15 is 0 Å². The molecular weight excluding hydrogens is 402 g/mol. The molecule has 0 radical (unpaired) electrons. The highest BCUT2D eigenvalue weighted by molar-refractivity contribution is 5.92. The van der Waals surface area contributed by atoms with Gasteiger partial charge in [0.25, 0.3) is 5.56 Å². The average Bonchev–Trinajstić information content (AvgIpc) is 3.37. The Morgan fingerprint density at radius 3 is 2.50 bits per heavy atom. The standard InChI is InChI=1S/C25H23N5O2/c1-28-12-11-19(13-23(28)31)21-14-30(3)27-25(21)32-15-17-7-9-18(10-8-17)20-5-4-6-22-24(20)26-16-29(22)2/h4-14,16H,15H2,1-3H3. The number of nitrogens with zero attached hydrogens (tertiary/aromatic N) is 5. The van der Waals surface area contributed by atoms with Crippen molar-refractivity contribution in [3.8, 4) is 28.1 Å². The van der Waals surface area contributed by atoms with Gasteiger partial charge in [0.15, 0.2) is 0 Å². The van der Waals surface area contributed by atoms with Crippen molar-refractivity contribution in [2.75, 3.05) is 0 Å². The fourth-order valence-electron chi connectivity index (χ4n) is 3.81. The predicted molar refractivity (Wildman–Crippen MR) is 124 cm³/mol. The Bertz CT molecular complexity index is 1470. The average molecular weight is 425 g/mol. The van der Waals surface area contributed by atoms with E-state index in [1.165, 1.54) is 4.57 Å². The number of aromatic nitrogens is 5. The summed E-state index contributed by atoms with van der Waals surface area (Å²) in [6, 6.07) is 18.0. The second kappa shape index (κ2) is 7.85. The molecule has 3 heterocycles. The third kappa shape index (κ3) is 3.58. The minimum Gasteiger partial charge on any atom is -0.471 e. The van der Waals surface area contributed by atoms with Crippen LogP contribution in [0.1, 0.15) is 5.56 Å². The van der Waals surface area contributed by atoms with E-state index in [1.54, 1.807) is 24.0 Å². The maximum atomic E-state index is 12.0. The van der Waals surface area contributed by atoms with Gasteiger partial charge in [-0.1, -0.05) is 36.4 Å². The van der Waals surface area contributed by atoms with Gasteiger partial charge in [-0.3, -0.25) is 9.48 Å². The number of benzene rings is 2. The molecule has 7 nitrogen and oxygen atoms in total. The van der Waals surface area contributed by atoms with Gasteiger partial charge in [0.2, 0.25) is 5.88 Å². The van der Waals surface area contributed by atoms with Crippen LogP contribution in [0.3, 0.4) is 0 Å². The molecule has 0 aliphatic rings. The fraction of sp³-hybridized carbons (Fsp3) is 0.160. The van der Waals surface area contributed by atoms with Crippen molar-refractivity contribution < 1.29 is 4.74 Å². The first-order chi connectivity index (χ1) is 15.5. The zero-order valence-corrected chi connectivity index (χ0v) is 18.2. The second-order valence-corrected chi connectivity index (χ2v) is 7.90. The smallest absolute Gasteiger partial charge is 0.250 e. The monoisotopic (exact) mass is 425 g/mol. The maximum Gasteiger partial charge on any atom is 0.250 e. The Kier molecular flexibility index (Phi) is 4.86. The number of pyridine rings is 1. The van der Waals surface area contributed by atoms with E-state index in [1.807, 2.05) is 37.3 Å². The third-order valence-electron chi connectivity index (χ3n) is 5.61. The molecule has 0 N–H and O–H groups in total. The van der Waals surface area contributed by atoms with Crippen molar-refractivity contribution in [1.29, 1.82) is 0 Å². The minimum atomic E-state index is -0.0733. The molecule has 0 spiro atoms. The molecule has 160 valence electrons. The van der Waals surface area contributed by atoms with Crippen LogP contribution in [0, 0.1) is 0 Å². The molecule has 7 heteroatoms. The van der Waals surface area contributed by atoms with Crippen molar-refractivity contribution in [2.45, 2.75) is 6.61 Å². The number of hydrogen-bond donors (Lipinski definition) is 0. The first-order valence-corrected chi connectivity index (χ1v) is 10.3. The van der Waals surface area contributed by atoms with E-state index in [9.17, 15) is 4.79 Å². The van der Waals surface area contributed by atoms with Crippen molar-refractivity contribution in [1.82, 2.24) is 23.9 Å². The molecule has 32 heavy (non-hydrogen) atoms. The van der Waals surface area contributed by atoms with Gasteiger partial charge in [0, 0.05) is 45.2 Å². The predicted octanol–water partition coefficient (Wildman–Crippen LogP) is 3.92. The van der Waals surface area contributed by atoms with Gasteiger partial charge in [0.05, 0.1) is 22.9 Å². The van der Waals surface area contributed by atoms with Crippen molar-refractivity contribution >= 4 is 11.0 Å². The number of ether oxygens (including phenoxy) is 1. The number of rotatable bonds is 5. The van der Waals surface area contributed by atoms with Gasteiger partial charge in [-0.05, 0) is 28.8 Å². The van der Waals surface area contributed by atoms with E-state index in [0.29, 0.717) is 12.5 Å². The Morgan fingerprint density at radius 1 is 0.906 bits per heavy atom. The normalized spacial score (nSPS) is 11.2. The van der Waals surface area contributed by atoms with Crippen LogP contribution >= 0.6 is 0 Å². The summed E-state index contributed by atoms with van der Waals surface area (Å²) in [7, 11) is 5.56. The zero-order chi connectivity index (χ0) is 22.2. The fourth-order valence-corrected chi connectivity index (χ4v) is 3.81. The SMILES string of the molecule is Cn1cc(-c2ccn(C)c(=O)c2)c(OCc2ccc(-c3cccc4c3ncn4C)cc2)n1. The lowest BCUT2D eigenvalue weighted by molar-refractivity contribution is 0.292. The Balaban J connectivity index is 1.37. The van der Waals surface area contributed by atoms with Crippen LogP contribution in [-0.2, 0) is 27.7 Å². The number of imidazole rings is 1. The summed E-state index contributed by atoms with van der Waals surface area (Å²) in [5, 5.41) is 4.43. The molecule has 5 rings (SSSR count). The van der Waals surface area contributed by atoms with E-state index < -0.39 is 0 Å². The number of para-hydroxylation sites is 1. The van der Waals surface area contributed by atoms with Crippen molar-refractivity contribution in [2.24, 2.45) is 21.1 Å². The van der Waals surface area contributed by atoms with Crippen LogP contribution in [0.25, 0.3) is 33.3 Å².